The summed E-state index contributed by atoms with van der Waals surface area (Å²) in [6.45, 7) is 0.165. The van der Waals surface area contributed by atoms with Crippen LogP contribution in [0.5, 0.6) is 11.5 Å². The van der Waals surface area contributed by atoms with E-state index in [4.69, 9.17) is 19.0 Å². The molecule has 7 heteroatoms. The van der Waals surface area contributed by atoms with Crippen molar-refractivity contribution in [2.75, 3.05) is 14.2 Å². The van der Waals surface area contributed by atoms with E-state index in [0.717, 1.165) is 17.1 Å². The smallest absolute Gasteiger partial charge is 0.371 e. The molecule has 0 atom stereocenters. The molecule has 0 aliphatic heterocycles. The van der Waals surface area contributed by atoms with Crippen LogP contribution < -0.4 is 14.8 Å². The van der Waals surface area contributed by atoms with Gasteiger partial charge in [-0.15, -0.1) is 0 Å². The predicted molar refractivity (Wildman–Crippen MR) is 90.0 cm³/mol. The maximum Gasteiger partial charge on any atom is 0.371 e. The number of methoxy groups -OCH3 is 2. The molecule has 0 fully saturated rings. The quantitative estimate of drug-likeness (QED) is 0.724. The van der Waals surface area contributed by atoms with Crippen molar-refractivity contribution < 1.29 is 28.6 Å². The summed E-state index contributed by atoms with van der Waals surface area (Å²) in [6.07, 6.45) is 1.71. The molecule has 1 aromatic heterocycles. The van der Waals surface area contributed by atoms with Crippen LogP contribution in [0.1, 0.15) is 34.7 Å². The second-order valence-corrected chi connectivity index (χ2v) is 5.38. The first-order valence-corrected chi connectivity index (χ1v) is 7.83. The van der Waals surface area contributed by atoms with Gasteiger partial charge in [0, 0.05) is 12.5 Å². The number of hydrogen-bond donors (Lipinski definition) is 2. The number of ether oxygens (including phenoxy) is 2. The zero-order chi connectivity index (χ0) is 18.2. The molecule has 0 bridgehead atoms. The zero-order valence-corrected chi connectivity index (χ0v) is 14.2. The molecular weight excluding hydrogens is 326 g/mol. The van der Waals surface area contributed by atoms with Gasteiger partial charge in [0.15, 0.2) is 0 Å². The molecule has 2 N–H and O–H groups in total. The Bertz CT molecular complexity index is 737. The summed E-state index contributed by atoms with van der Waals surface area (Å²) in [7, 11) is 3.19. The van der Waals surface area contributed by atoms with E-state index in [1.54, 1.807) is 14.2 Å². The summed E-state index contributed by atoms with van der Waals surface area (Å²) in [5, 5.41) is 11.5. The van der Waals surface area contributed by atoms with Gasteiger partial charge in [-0.05, 0) is 36.6 Å². The van der Waals surface area contributed by atoms with E-state index < -0.39 is 5.97 Å². The Labute approximate surface area is 145 Å². The monoisotopic (exact) mass is 347 g/mol. The highest BCUT2D eigenvalue weighted by atomic mass is 16.5. The molecule has 1 aromatic carbocycles. The standard InChI is InChI=1S/C18H21NO6/c1-23-13-7-6-12(16(10-13)24-2)4-3-5-17(20)19-11-14-8-9-15(25-14)18(21)22/h6-10H,3-5,11H2,1-2H3,(H,19,20)(H,21,22). The molecule has 25 heavy (non-hydrogen) atoms. The molecule has 2 aromatic rings. The normalized spacial score (nSPS) is 10.3. The van der Waals surface area contributed by atoms with Crippen molar-refractivity contribution in [2.45, 2.75) is 25.8 Å². The number of carboxylic acid groups (broad SMARTS) is 1. The first-order chi connectivity index (χ1) is 12.0. The SMILES string of the molecule is COc1ccc(CCCC(=O)NCc2ccc(C(=O)O)o2)c(OC)c1. The number of rotatable bonds is 9. The molecule has 0 aliphatic carbocycles. The molecule has 0 saturated heterocycles. The van der Waals surface area contributed by atoms with Crippen LogP contribution >= 0.6 is 0 Å². The van der Waals surface area contributed by atoms with Gasteiger partial charge < -0.3 is 24.3 Å². The highest BCUT2D eigenvalue weighted by Crippen LogP contribution is 2.25. The van der Waals surface area contributed by atoms with Crippen LogP contribution in [0.3, 0.4) is 0 Å². The van der Waals surface area contributed by atoms with Crippen LogP contribution in [0.2, 0.25) is 0 Å². The fourth-order valence-corrected chi connectivity index (χ4v) is 2.36. The molecule has 7 nitrogen and oxygen atoms in total. The van der Waals surface area contributed by atoms with Gasteiger partial charge in [-0.25, -0.2) is 4.79 Å². The van der Waals surface area contributed by atoms with Crippen LogP contribution in [0, 0.1) is 0 Å². The van der Waals surface area contributed by atoms with Gasteiger partial charge in [0.25, 0.3) is 0 Å². The first-order valence-electron chi connectivity index (χ1n) is 7.83. The van der Waals surface area contributed by atoms with Gasteiger partial charge in [-0.2, -0.15) is 0 Å². The van der Waals surface area contributed by atoms with E-state index in [1.807, 2.05) is 18.2 Å². The van der Waals surface area contributed by atoms with Crippen molar-refractivity contribution in [3.8, 4) is 11.5 Å². The molecule has 2 rings (SSSR count). The lowest BCUT2D eigenvalue weighted by Crippen LogP contribution is -2.22. The van der Waals surface area contributed by atoms with E-state index in [2.05, 4.69) is 5.32 Å². The second kappa shape index (κ2) is 8.77. The van der Waals surface area contributed by atoms with E-state index in [9.17, 15) is 9.59 Å². The van der Waals surface area contributed by atoms with E-state index in [0.29, 0.717) is 25.0 Å². The Morgan fingerprint density at radius 2 is 1.96 bits per heavy atom. The summed E-state index contributed by atoms with van der Waals surface area (Å²) in [4.78, 5) is 22.6. The fourth-order valence-electron chi connectivity index (χ4n) is 2.36. The highest BCUT2D eigenvalue weighted by Gasteiger charge is 2.10. The second-order valence-electron chi connectivity index (χ2n) is 5.38. The number of aryl methyl sites for hydroxylation is 1. The van der Waals surface area contributed by atoms with Crippen molar-refractivity contribution in [1.82, 2.24) is 5.32 Å². The zero-order valence-electron chi connectivity index (χ0n) is 14.2. The average Bonchev–Trinajstić information content (AvgIpc) is 3.09. The molecule has 1 heterocycles. The summed E-state index contributed by atoms with van der Waals surface area (Å²) >= 11 is 0. The third-order valence-corrected chi connectivity index (χ3v) is 3.68. The largest absolute Gasteiger partial charge is 0.497 e. The topological polar surface area (TPSA) is 98.0 Å². The lowest BCUT2D eigenvalue weighted by atomic mass is 10.1. The van der Waals surface area contributed by atoms with Crippen molar-refractivity contribution >= 4 is 11.9 Å². The van der Waals surface area contributed by atoms with Crippen LogP contribution in [0.15, 0.2) is 34.7 Å². The van der Waals surface area contributed by atoms with Crippen molar-refractivity contribution in [2.24, 2.45) is 0 Å². The molecular formula is C18H21NO6. The summed E-state index contributed by atoms with van der Waals surface area (Å²) in [5.74, 6) is 0.458. The van der Waals surface area contributed by atoms with Crippen molar-refractivity contribution in [3.05, 3.63) is 47.4 Å². The van der Waals surface area contributed by atoms with Crippen LogP contribution in [-0.4, -0.2) is 31.2 Å². The molecule has 0 saturated carbocycles. The van der Waals surface area contributed by atoms with Gasteiger partial charge >= 0.3 is 5.97 Å². The third-order valence-electron chi connectivity index (χ3n) is 3.68. The van der Waals surface area contributed by atoms with Gasteiger partial charge in [0.1, 0.15) is 17.3 Å². The lowest BCUT2D eigenvalue weighted by molar-refractivity contribution is -0.121. The van der Waals surface area contributed by atoms with Crippen molar-refractivity contribution in [1.29, 1.82) is 0 Å². The van der Waals surface area contributed by atoms with Gasteiger partial charge in [-0.1, -0.05) is 6.07 Å². The number of carbonyl (C=O) groups is 2. The van der Waals surface area contributed by atoms with E-state index in [1.165, 1.54) is 12.1 Å². The predicted octanol–water partition coefficient (Wildman–Crippen LogP) is 2.63. The summed E-state index contributed by atoms with van der Waals surface area (Å²) < 4.78 is 15.6. The molecule has 0 aliphatic rings. The number of nitrogens with one attached hydrogen (secondary N) is 1. The minimum Gasteiger partial charge on any atom is -0.497 e. The number of hydrogen-bond acceptors (Lipinski definition) is 5. The number of furan rings is 1. The fraction of sp³-hybridized carbons (Fsp3) is 0.333. The lowest BCUT2D eigenvalue weighted by Gasteiger charge is -2.10. The van der Waals surface area contributed by atoms with Crippen LogP contribution in [-0.2, 0) is 17.8 Å². The minimum absolute atomic E-state index is 0.124. The van der Waals surface area contributed by atoms with Gasteiger partial charge in [0.2, 0.25) is 11.7 Å². The Morgan fingerprint density at radius 1 is 1.16 bits per heavy atom. The Morgan fingerprint density at radius 3 is 2.60 bits per heavy atom. The molecule has 134 valence electrons. The van der Waals surface area contributed by atoms with Crippen LogP contribution in [0.4, 0.5) is 0 Å². The maximum absolute atomic E-state index is 11.9. The number of carbonyl (C=O) groups excluding carboxylic acids is 1. The molecule has 1 amide bonds. The maximum atomic E-state index is 11.9. The number of amides is 1. The highest BCUT2D eigenvalue weighted by molar-refractivity contribution is 5.84. The summed E-state index contributed by atoms with van der Waals surface area (Å²) in [6, 6.07) is 8.48. The average molecular weight is 347 g/mol. The van der Waals surface area contributed by atoms with Gasteiger partial charge in [-0.3, -0.25) is 4.79 Å². The number of benzene rings is 1. The minimum atomic E-state index is -1.13. The van der Waals surface area contributed by atoms with Crippen molar-refractivity contribution in [3.63, 3.8) is 0 Å². The number of aromatic carboxylic acids is 1. The van der Waals surface area contributed by atoms with Crippen LogP contribution in [0.25, 0.3) is 0 Å². The molecule has 0 unspecified atom stereocenters. The first kappa shape index (κ1) is 18.4. The Kier molecular flexibility index (Phi) is 6.45. The number of carboxylic acids is 1. The summed E-state index contributed by atoms with van der Waals surface area (Å²) in [5.41, 5.74) is 1.01. The Hall–Kier alpha value is -2.96. The van der Waals surface area contributed by atoms with E-state index in [-0.39, 0.29) is 18.2 Å². The molecule has 0 radical (unpaired) electrons. The molecule has 0 spiro atoms. The Balaban J connectivity index is 1.77. The van der Waals surface area contributed by atoms with E-state index >= 15 is 0 Å². The van der Waals surface area contributed by atoms with Gasteiger partial charge in [0.05, 0.1) is 20.8 Å². The third kappa shape index (κ3) is 5.27.